The van der Waals surface area contributed by atoms with Gasteiger partial charge in [-0.15, -0.1) is 0 Å². The highest BCUT2D eigenvalue weighted by Crippen LogP contribution is 2.41. The van der Waals surface area contributed by atoms with Gasteiger partial charge < -0.3 is 10.6 Å². The van der Waals surface area contributed by atoms with Gasteiger partial charge in [0.25, 0.3) is 0 Å². The van der Waals surface area contributed by atoms with Gasteiger partial charge in [0.15, 0.2) is 0 Å². The summed E-state index contributed by atoms with van der Waals surface area (Å²) in [6.07, 6.45) is 3.79. The lowest BCUT2D eigenvalue weighted by atomic mass is 10.1. The topological polar surface area (TPSA) is 29.3 Å². The number of hydrogen-bond donors (Lipinski definition) is 1. The maximum atomic E-state index is 14.1. The number of hydrogen-bond acceptors (Lipinski definition) is 2. The number of fused-ring (bicyclic) bond motifs is 2. The van der Waals surface area contributed by atoms with E-state index in [9.17, 15) is 4.39 Å². The first-order valence-corrected chi connectivity index (χ1v) is 6.47. The monoisotopic (exact) mass is 234 g/mol. The fraction of sp³-hybridized carbons (Fsp3) is 0.571. The van der Waals surface area contributed by atoms with Crippen molar-refractivity contribution in [1.29, 1.82) is 0 Å². The summed E-state index contributed by atoms with van der Waals surface area (Å²) >= 11 is 0. The van der Waals surface area contributed by atoms with Crippen LogP contribution >= 0.6 is 0 Å². The van der Waals surface area contributed by atoms with Crippen LogP contribution in [0.2, 0.25) is 0 Å². The van der Waals surface area contributed by atoms with E-state index in [1.54, 1.807) is 6.07 Å². The molecule has 1 aliphatic heterocycles. The van der Waals surface area contributed by atoms with Crippen molar-refractivity contribution in [3.05, 3.63) is 29.6 Å². The maximum absolute atomic E-state index is 14.1. The Morgan fingerprint density at radius 3 is 2.76 bits per heavy atom. The molecule has 0 aromatic heterocycles. The van der Waals surface area contributed by atoms with Crippen molar-refractivity contribution in [1.82, 2.24) is 0 Å². The van der Waals surface area contributed by atoms with Crippen LogP contribution in [-0.4, -0.2) is 12.6 Å². The average Bonchev–Trinajstić information content (AvgIpc) is 2.90. The zero-order valence-electron chi connectivity index (χ0n) is 10.2. The zero-order valence-corrected chi connectivity index (χ0v) is 10.2. The first-order valence-electron chi connectivity index (χ1n) is 6.47. The van der Waals surface area contributed by atoms with E-state index in [0.717, 1.165) is 23.7 Å². The number of benzene rings is 1. The molecule has 2 unspecified atom stereocenters. The Hall–Kier alpha value is -1.09. The first-order chi connectivity index (χ1) is 8.15. The van der Waals surface area contributed by atoms with Gasteiger partial charge in [0, 0.05) is 18.6 Å². The van der Waals surface area contributed by atoms with E-state index in [1.165, 1.54) is 19.3 Å². The van der Waals surface area contributed by atoms with Crippen LogP contribution in [-0.2, 0) is 0 Å². The largest absolute Gasteiger partial charge is 0.366 e. The predicted molar refractivity (Wildman–Crippen MR) is 67.5 cm³/mol. The highest BCUT2D eigenvalue weighted by molar-refractivity contribution is 5.52. The molecule has 3 heteroatoms. The van der Waals surface area contributed by atoms with Crippen LogP contribution in [0.5, 0.6) is 0 Å². The van der Waals surface area contributed by atoms with E-state index in [-0.39, 0.29) is 11.9 Å². The Balaban J connectivity index is 1.89. The van der Waals surface area contributed by atoms with Crippen molar-refractivity contribution in [2.45, 2.75) is 38.3 Å². The Labute approximate surface area is 102 Å². The molecular weight excluding hydrogens is 215 g/mol. The molecule has 0 amide bonds. The van der Waals surface area contributed by atoms with Gasteiger partial charge in [-0.05, 0) is 49.8 Å². The lowest BCUT2D eigenvalue weighted by molar-refractivity contribution is 0.539. The fourth-order valence-electron chi connectivity index (χ4n) is 3.26. The number of nitrogens with zero attached hydrogens (tertiary/aromatic N) is 1. The van der Waals surface area contributed by atoms with Crippen molar-refractivity contribution in [2.24, 2.45) is 11.7 Å². The van der Waals surface area contributed by atoms with Crippen molar-refractivity contribution in [3.63, 3.8) is 0 Å². The highest BCUT2D eigenvalue weighted by Gasteiger charge is 2.38. The summed E-state index contributed by atoms with van der Waals surface area (Å²) in [6.45, 7) is 2.91. The maximum Gasteiger partial charge on any atom is 0.146 e. The third-order valence-corrected chi connectivity index (χ3v) is 4.22. The Kier molecular flexibility index (Phi) is 2.58. The minimum Gasteiger partial charge on any atom is -0.366 e. The Bertz CT molecular complexity index is 430. The third-order valence-electron chi connectivity index (χ3n) is 4.22. The second kappa shape index (κ2) is 3.98. The molecule has 2 nitrogen and oxygen atoms in total. The molecule has 2 N–H and O–H groups in total. The molecular formula is C14H19FN2. The van der Waals surface area contributed by atoms with Gasteiger partial charge in [-0.25, -0.2) is 4.39 Å². The molecule has 1 aromatic carbocycles. The molecule has 1 aliphatic carbocycles. The van der Waals surface area contributed by atoms with Gasteiger partial charge in [0.1, 0.15) is 5.82 Å². The van der Waals surface area contributed by atoms with Gasteiger partial charge in [0.2, 0.25) is 0 Å². The minimum absolute atomic E-state index is 0.103. The SMILES string of the molecule is C[C@@H](N)c1ccc(N2CC3CCC2C3)c(F)c1. The van der Waals surface area contributed by atoms with Crippen LogP contribution in [0, 0.1) is 11.7 Å². The lowest BCUT2D eigenvalue weighted by Crippen LogP contribution is -2.32. The molecule has 2 bridgehead atoms. The van der Waals surface area contributed by atoms with Gasteiger partial charge in [0.05, 0.1) is 5.69 Å². The lowest BCUT2D eigenvalue weighted by Gasteiger charge is -2.29. The summed E-state index contributed by atoms with van der Waals surface area (Å²) in [5.74, 6) is 0.667. The molecule has 1 saturated carbocycles. The quantitative estimate of drug-likeness (QED) is 0.852. The van der Waals surface area contributed by atoms with Crippen LogP contribution in [0.3, 0.4) is 0 Å². The van der Waals surface area contributed by atoms with Crippen molar-refractivity contribution >= 4 is 5.69 Å². The normalized spacial score (nSPS) is 28.8. The summed E-state index contributed by atoms with van der Waals surface area (Å²) in [5, 5.41) is 0. The van der Waals surface area contributed by atoms with E-state index >= 15 is 0 Å². The van der Waals surface area contributed by atoms with Crippen LogP contribution in [0.25, 0.3) is 0 Å². The Morgan fingerprint density at radius 2 is 2.24 bits per heavy atom. The van der Waals surface area contributed by atoms with Crippen LogP contribution in [0.4, 0.5) is 10.1 Å². The van der Waals surface area contributed by atoms with Crippen molar-refractivity contribution < 1.29 is 4.39 Å². The van der Waals surface area contributed by atoms with Gasteiger partial charge >= 0.3 is 0 Å². The van der Waals surface area contributed by atoms with Crippen molar-refractivity contribution in [2.75, 3.05) is 11.4 Å². The molecule has 3 rings (SSSR count). The number of anilines is 1. The summed E-state index contributed by atoms with van der Waals surface area (Å²) in [6, 6.07) is 5.90. The van der Waals surface area contributed by atoms with Gasteiger partial charge in [-0.3, -0.25) is 0 Å². The number of piperidine rings is 1. The number of nitrogens with two attached hydrogens (primary N) is 1. The van der Waals surface area contributed by atoms with Gasteiger partial charge in [-0.2, -0.15) is 0 Å². The Morgan fingerprint density at radius 1 is 1.41 bits per heavy atom. The van der Waals surface area contributed by atoms with Crippen LogP contribution in [0.1, 0.15) is 37.8 Å². The standard InChI is InChI=1S/C14H19FN2/c1-9(16)11-3-5-14(13(15)7-11)17-8-10-2-4-12(17)6-10/h3,5,7,9-10,12H,2,4,6,8,16H2,1H3/t9-,10?,12?/m1/s1. The fourth-order valence-corrected chi connectivity index (χ4v) is 3.26. The average molecular weight is 234 g/mol. The molecule has 0 radical (unpaired) electrons. The van der Waals surface area contributed by atoms with Crippen LogP contribution < -0.4 is 10.6 Å². The summed E-state index contributed by atoms with van der Waals surface area (Å²) in [4.78, 5) is 2.24. The van der Waals surface area contributed by atoms with E-state index in [0.29, 0.717) is 6.04 Å². The first kappa shape index (κ1) is 11.0. The van der Waals surface area contributed by atoms with Crippen LogP contribution in [0.15, 0.2) is 18.2 Å². The summed E-state index contributed by atoms with van der Waals surface area (Å²) < 4.78 is 14.1. The second-order valence-corrected chi connectivity index (χ2v) is 5.48. The number of rotatable bonds is 2. The smallest absolute Gasteiger partial charge is 0.146 e. The highest BCUT2D eigenvalue weighted by atomic mass is 19.1. The van der Waals surface area contributed by atoms with E-state index in [1.807, 2.05) is 19.1 Å². The van der Waals surface area contributed by atoms with E-state index in [4.69, 9.17) is 5.73 Å². The molecule has 1 aromatic rings. The molecule has 2 aliphatic rings. The molecule has 2 fully saturated rings. The van der Waals surface area contributed by atoms with Gasteiger partial charge in [-0.1, -0.05) is 6.07 Å². The molecule has 92 valence electrons. The molecule has 3 atom stereocenters. The molecule has 17 heavy (non-hydrogen) atoms. The molecule has 1 heterocycles. The second-order valence-electron chi connectivity index (χ2n) is 5.48. The summed E-state index contributed by atoms with van der Waals surface area (Å²) in [7, 11) is 0. The van der Waals surface area contributed by atoms with Crippen molar-refractivity contribution in [3.8, 4) is 0 Å². The van der Waals surface area contributed by atoms with E-state index in [2.05, 4.69) is 4.90 Å². The minimum atomic E-state index is -0.118. The number of halogens is 1. The zero-order chi connectivity index (χ0) is 12.0. The molecule has 1 saturated heterocycles. The molecule has 0 spiro atoms. The summed E-state index contributed by atoms with van der Waals surface area (Å²) in [5.41, 5.74) is 7.40. The predicted octanol–water partition coefficient (Wildman–Crippen LogP) is 2.83. The third kappa shape index (κ3) is 1.82. The van der Waals surface area contributed by atoms with E-state index < -0.39 is 0 Å².